The molecule has 7 heteroatoms. The fourth-order valence-corrected chi connectivity index (χ4v) is 3.76. The topological polar surface area (TPSA) is 71.6 Å². The largest absolute Gasteiger partial charge is 0.370 e. The lowest BCUT2D eigenvalue weighted by Crippen LogP contribution is -2.35. The lowest BCUT2D eigenvalue weighted by Gasteiger charge is -2.23. The monoisotopic (exact) mass is 403 g/mol. The molecule has 0 saturated heterocycles. The number of anilines is 1. The SMILES string of the molecule is CCN(CCNC(=O)c1cc2c(=O)n(CC)c3ccccc3n2n1)c1ccccc1. The van der Waals surface area contributed by atoms with Gasteiger partial charge in [0.15, 0.2) is 5.69 Å². The van der Waals surface area contributed by atoms with Crippen molar-refractivity contribution in [2.45, 2.75) is 20.4 Å². The van der Waals surface area contributed by atoms with Gasteiger partial charge in [0.25, 0.3) is 11.5 Å². The first-order chi connectivity index (χ1) is 14.6. The smallest absolute Gasteiger partial charge is 0.277 e. The Balaban J connectivity index is 1.56. The number of aromatic nitrogens is 3. The van der Waals surface area contributed by atoms with E-state index in [1.807, 2.05) is 49.4 Å². The summed E-state index contributed by atoms with van der Waals surface area (Å²) in [5.74, 6) is -0.283. The molecule has 4 aromatic rings. The second kappa shape index (κ2) is 8.41. The van der Waals surface area contributed by atoms with Crippen LogP contribution in [-0.4, -0.2) is 39.7 Å². The first-order valence-corrected chi connectivity index (χ1v) is 10.2. The van der Waals surface area contributed by atoms with Crippen LogP contribution in [0.3, 0.4) is 0 Å². The number of fused-ring (bicyclic) bond motifs is 3. The molecule has 0 aliphatic rings. The van der Waals surface area contributed by atoms with Crippen LogP contribution in [0, 0.1) is 0 Å². The van der Waals surface area contributed by atoms with Crippen molar-refractivity contribution >= 4 is 28.1 Å². The Kier molecular flexibility index (Phi) is 5.52. The van der Waals surface area contributed by atoms with Crippen LogP contribution in [0.15, 0.2) is 65.5 Å². The summed E-state index contributed by atoms with van der Waals surface area (Å²) in [5.41, 5.74) is 3.22. The van der Waals surface area contributed by atoms with Crippen LogP contribution >= 0.6 is 0 Å². The molecule has 2 heterocycles. The second-order valence-electron chi connectivity index (χ2n) is 7.04. The van der Waals surface area contributed by atoms with E-state index in [0.717, 1.165) is 23.3 Å². The maximum atomic E-state index is 12.9. The Morgan fingerprint density at radius 2 is 1.70 bits per heavy atom. The fraction of sp³-hybridized carbons (Fsp3) is 0.261. The molecule has 0 bridgehead atoms. The van der Waals surface area contributed by atoms with E-state index in [1.54, 1.807) is 15.1 Å². The Morgan fingerprint density at radius 1 is 1.00 bits per heavy atom. The molecular formula is C23H25N5O2. The zero-order chi connectivity index (χ0) is 21.1. The standard InChI is InChI=1S/C23H25N5O2/c1-3-26(17-10-6-5-7-11-17)15-14-24-22(29)18-16-21-23(30)27(4-2)19-12-8-9-13-20(19)28(21)25-18/h5-13,16H,3-4,14-15H2,1-2H3,(H,24,29). The van der Waals surface area contributed by atoms with Crippen molar-refractivity contribution in [1.29, 1.82) is 0 Å². The number of carbonyl (C=O) groups is 1. The number of hydrogen-bond acceptors (Lipinski definition) is 4. The van der Waals surface area contributed by atoms with E-state index in [1.165, 1.54) is 0 Å². The average molecular weight is 403 g/mol. The molecule has 0 saturated carbocycles. The van der Waals surface area contributed by atoms with Crippen molar-refractivity contribution in [2.75, 3.05) is 24.5 Å². The summed E-state index contributed by atoms with van der Waals surface area (Å²) in [6, 6.07) is 19.3. The molecule has 0 radical (unpaired) electrons. The predicted octanol–water partition coefficient (Wildman–Crippen LogP) is 2.93. The van der Waals surface area contributed by atoms with Crippen molar-refractivity contribution < 1.29 is 4.79 Å². The van der Waals surface area contributed by atoms with Crippen LogP contribution in [0.5, 0.6) is 0 Å². The molecule has 0 aliphatic carbocycles. The number of rotatable bonds is 7. The summed E-state index contributed by atoms with van der Waals surface area (Å²) in [6.07, 6.45) is 0. The van der Waals surface area contributed by atoms with E-state index in [-0.39, 0.29) is 17.2 Å². The number of hydrogen-bond donors (Lipinski definition) is 1. The lowest BCUT2D eigenvalue weighted by molar-refractivity contribution is 0.0949. The molecule has 4 rings (SSSR count). The number of amides is 1. The van der Waals surface area contributed by atoms with Crippen molar-refractivity contribution in [3.05, 3.63) is 76.7 Å². The summed E-state index contributed by atoms with van der Waals surface area (Å²) in [6.45, 7) is 6.58. The van der Waals surface area contributed by atoms with Crippen LogP contribution in [0.4, 0.5) is 5.69 Å². The average Bonchev–Trinajstić information content (AvgIpc) is 3.24. The molecule has 0 aliphatic heterocycles. The Labute approximate surface area is 174 Å². The minimum atomic E-state index is -0.283. The highest BCUT2D eigenvalue weighted by Crippen LogP contribution is 2.15. The molecule has 0 atom stereocenters. The number of para-hydroxylation sites is 3. The van der Waals surface area contributed by atoms with Gasteiger partial charge in [0, 0.05) is 37.9 Å². The van der Waals surface area contributed by atoms with Crippen molar-refractivity contribution in [2.24, 2.45) is 0 Å². The molecule has 1 amide bonds. The van der Waals surface area contributed by atoms with Gasteiger partial charge in [0.1, 0.15) is 5.52 Å². The highest BCUT2D eigenvalue weighted by Gasteiger charge is 2.16. The normalized spacial score (nSPS) is 11.1. The highest BCUT2D eigenvalue weighted by molar-refractivity contribution is 5.94. The van der Waals surface area contributed by atoms with Gasteiger partial charge in [-0.15, -0.1) is 0 Å². The Hall–Kier alpha value is -3.61. The van der Waals surface area contributed by atoms with Gasteiger partial charge in [-0.05, 0) is 38.1 Å². The van der Waals surface area contributed by atoms with Crippen molar-refractivity contribution in [1.82, 2.24) is 19.5 Å². The van der Waals surface area contributed by atoms with Gasteiger partial charge in [-0.25, -0.2) is 4.52 Å². The van der Waals surface area contributed by atoms with Crippen molar-refractivity contribution in [3.8, 4) is 0 Å². The van der Waals surface area contributed by atoms with E-state index in [2.05, 4.69) is 34.4 Å². The van der Waals surface area contributed by atoms with Crippen molar-refractivity contribution in [3.63, 3.8) is 0 Å². The minimum Gasteiger partial charge on any atom is -0.370 e. The van der Waals surface area contributed by atoms with Crippen LogP contribution in [0.25, 0.3) is 16.6 Å². The molecule has 0 spiro atoms. The highest BCUT2D eigenvalue weighted by atomic mass is 16.2. The molecule has 154 valence electrons. The van der Waals surface area contributed by atoms with Crippen LogP contribution in [-0.2, 0) is 6.54 Å². The summed E-state index contributed by atoms with van der Waals surface area (Å²) in [7, 11) is 0. The zero-order valence-electron chi connectivity index (χ0n) is 17.2. The number of aryl methyl sites for hydroxylation is 1. The molecule has 0 fully saturated rings. The summed E-state index contributed by atoms with van der Waals surface area (Å²) < 4.78 is 3.27. The number of nitrogens with one attached hydrogen (secondary N) is 1. The van der Waals surface area contributed by atoms with E-state index in [4.69, 9.17) is 0 Å². The number of nitrogens with zero attached hydrogens (tertiary/aromatic N) is 4. The summed E-state index contributed by atoms with van der Waals surface area (Å²) >= 11 is 0. The van der Waals surface area contributed by atoms with E-state index >= 15 is 0 Å². The van der Waals surface area contributed by atoms with Gasteiger partial charge in [0.2, 0.25) is 0 Å². The molecule has 7 nitrogen and oxygen atoms in total. The van der Waals surface area contributed by atoms with Gasteiger partial charge in [-0.2, -0.15) is 5.10 Å². The second-order valence-corrected chi connectivity index (χ2v) is 7.04. The molecule has 2 aromatic heterocycles. The first kappa shape index (κ1) is 19.7. The van der Waals surface area contributed by atoms with Gasteiger partial charge in [0.05, 0.1) is 11.0 Å². The number of carbonyl (C=O) groups excluding carboxylic acids is 1. The molecule has 2 aromatic carbocycles. The Bertz CT molecular complexity index is 1240. The lowest BCUT2D eigenvalue weighted by atomic mass is 10.2. The number of benzene rings is 2. The van der Waals surface area contributed by atoms with E-state index in [0.29, 0.717) is 25.2 Å². The minimum absolute atomic E-state index is 0.149. The van der Waals surface area contributed by atoms with Crippen LogP contribution in [0.1, 0.15) is 24.3 Å². The zero-order valence-corrected chi connectivity index (χ0v) is 17.2. The third-order valence-corrected chi connectivity index (χ3v) is 5.29. The van der Waals surface area contributed by atoms with Gasteiger partial charge in [-0.1, -0.05) is 30.3 Å². The van der Waals surface area contributed by atoms with Crippen LogP contribution in [0.2, 0.25) is 0 Å². The van der Waals surface area contributed by atoms with E-state index < -0.39 is 0 Å². The third-order valence-electron chi connectivity index (χ3n) is 5.29. The molecule has 1 N–H and O–H groups in total. The van der Waals surface area contributed by atoms with Gasteiger partial charge >= 0.3 is 0 Å². The fourth-order valence-electron chi connectivity index (χ4n) is 3.76. The van der Waals surface area contributed by atoms with E-state index in [9.17, 15) is 9.59 Å². The molecular weight excluding hydrogens is 378 g/mol. The molecule has 0 unspecified atom stereocenters. The Morgan fingerprint density at radius 3 is 2.40 bits per heavy atom. The number of likely N-dealkylation sites (N-methyl/N-ethyl adjacent to an activating group) is 1. The van der Waals surface area contributed by atoms with Gasteiger partial charge in [-0.3, -0.25) is 9.59 Å². The van der Waals surface area contributed by atoms with Crippen LogP contribution < -0.4 is 15.8 Å². The summed E-state index contributed by atoms with van der Waals surface area (Å²) in [5, 5.41) is 7.36. The maximum Gasteiger partial charge on any atom is 0.277 e. The van der Waals surface area contributed by atoms with Gasteiger partial charge < -0.3 is 14.8 Å². The third kappa shape index (κ3) is 3.54. The molecule has 30 heavy (non-hydrogen) atoms. The summed E-state index contributed by atoms with van der Waals surface area (Å²) in [4.78, 5) is 27.8. The first-order valence-electron chi connectivity index (χ1n) is 10.2. The predicted molar refractivity (Wildman–Crippen MR) is 119 cm³/mol. The quantitative estimate of drug-likeness (QED) is 0.515. The maximum absolute atomic E-state index is 12.9.